The topological polar surface area (TPSA) is 67.9 Å². The van der Waals surface area contributed by atoms with Gasteiger partial charge >= 0.3 is 0 Å². The van der Waals surface area contributed by atoms with Crippen LogP contribution < -0.4 is 0 Å². The van der Waals surface area contributed by atoms with Gasteiger partial charge in [-0.25, -0.2) is 0 Å². The maximum absolute atomic E-state index is 9.91. The molecule has 0 bridgehead atoms. The summed E-state index contributed by atoms with van der Waals surface area (Å²) in [6.45, 7) is -0.0434. The molecule has 0 aliphatic heterocycles. The van der Waals surface area contributed by atoms with Crippen molar-refractivity contribution >= 4 is 5.69 Å². The summed E-state index contributed by atoms with van der Waals surface area (Å²) in [6.07, 6.45) is 0. The highest BCUT2D eigenvalue weighted by molar-refractivity contribution is 5.34. The molecule has 0 atom stereocenters. The van der Waals surface area contributed by atoms with Gasteiger partial charge in [-0.15, -0.1) is 0 Å². The van der Waals surface area contributed by atoms with Crippen molar-refractivity contribution in [3.63, 3.8) is 0 Å². The number of hydrogen-bond acceptors (Lipinski definition) is 4. The average Bonchev–Trinajstić information content (AvgIpc) is 2.14. The van der Waals surface area contributed by atoms with Crippen LogP contribution in [0.25, 0.3) is 0 Å². The second-order valence-electron chi connectivity index (χ2n) is 2.36. The van der Waals surface area contributed by atoms with Gasteiger partial charge in [0, 0.05) is 4.92 Å². The van der Waals surface area contributed by atoms with Gasteiger partial charge in [0.2, 0.25) is 6.54 Å². The van der Waals surface area contributed by atoms with Crippen LogP contribution in [0.5, 0.6) is 0 Å². The van der Waals surface area contributed by atoms with Crippen LogP contribution in [0.2, 0.25) is 0 Å². The second kappa shape index (κ2) is 4.97. The zero-order chi connectivity index (χ0) is 9.52. The number of nitro groups is 1. The highest BCUT2D eigenvalue weighted by atomic mass is 16.6. The van der Waals surface area contributed by atoms with Gasteiger partial charge in [-0.05, 0) is 12.1 Å². The summed E-state index contributed by atoms with van der Waals surface area (Å²) in [4.78, 5) is 9.50. The Bertz CT molecular complexity index is 298. The van der Waals surface area contributed by atoms with Crippen molar-refractivity contribution in [2.75, 3.05) is 13.1 Å². The molecule has 1 aromatic rings. The normalized spacial score (nSPS) is 10.5. The fourth-order valence-corrected chi connectivity index (χ4v) is 0.753. The van der Waals surface area contributed by atoms with Gasteiger partial charge in [-0.2, -0.15) is 10.2 Å². The van der Waals surface area contributed by atoms with E-state index in [1.807, 2.05) is 18.2 Å². The molecule has 0 saturated heterocycles. The van der Waals surface area contributed by atoms with Gasteiger partial charge in [-0.1, -0.05) is 18.2 Å². The molecule has 5 heteroatoms. The van der Waals surface area contributed by atoms with Crippen molar-refractivity contribution in [3.8, 4) is 0 Å². The van der Waals surface area contributed by atoms with E-state index in [4.69, 9.17) is 0 Å². The third kappa shape index (κ3) is 3.95. The fourth-order valence-electron chi connectivity index (χ4n) is 0.753. The SMILES string of the molecule is O=[N+]([O-])CCN=Nc1ccccc1. The van der Waals surface area contributed by atoms with Gasteiger partial charge in [-0.3, -0.25) is 10.1 Å². The average molecular weight is 179 g/mol. The summed E-state index contributed by atoms with van der Waals surface area (Å²) in [5, 5.41) is 17.4. The van der Waals surface area contributed by atoms with E-state index in [9.17, 15) is 10.1 Å². The molecule has 0 spiro atoms. The van der Waals surface area contributed by atoms with Gasteiger partial charge in [0.1, 0.15) is 6.54 Å². The van der Waals surface area contributed by atoms with E-state index in [0.29, 0.717) is 5.69 Å². The molecule has 0 radical (unpaired) electrons. The van der Waals surface area contributed by atoms with E-state index < -0.39 is 4.92 Å². The molecule has 0 aliphatic rings. The number of benzene rings is 1. The number of azo groups is 1. The van der Waals surface area contributed by atoms with Crippen LogP contribution in [0, 0.1) is 10.1 Å². The lowest BCUT2D eigenvalue weighted by Crippen LogP contribution is -2.02. The van der Waals surface area contributed by atoms with Crippen LogP contribution in [0.1, 0.15) is 0 Å². The summed E-state index contributed by atoms with van der Waals surface area (Å²) in [5.74, 6) is 0. The van der Waals surface area contributed by atoms with E-state index in [2.05, 4.69) is 10.2 Å². The highest BCUT2D eigenvalue weighted by Gasteiger charge is 1.92. The van der Waals surface area contributed by atoms with Gasteiger partial charge < -0.3 is 0 Å². The maximum Gasteiger partial charge on any atom is 0.225 e. The Morgan fingerprint density at radius 1 is 1.31 bits per heavy atom. The quantitative estimate of drug-likeness (QED) is 0.403. The molecular weight excluding hydrogens is 170 g/mol. The third-order valence-corrected chi connectivity index (χ3v) is 1.32. The summed E-state index contributed by atoms with van der Waals surface area (Å²) < 4.78 is 0. The van der Waals surface area contributed by atoms with E-state index in [0.717, 1.165) is 0 Å². The monoisotopic (exact) mass is 179 g/mol. The predicted molar refractivity (Wildman–Crippen MR) is 47.7 cm³/mol. The predicted octanol–water partition coefficient (Wildman–Crippen LogP) is 2.05. The van der Waals surface area contributed by atoms with Crippen LogP contribution in [0.3, 0.4) is 0 Å². The minimum Gasteiger partial charge on any atom is -0.264 e. The molecule has 1 aromatic carbocycles. The lowest BCUT2D eigenvalue weighted by Gasteiger charge is -1.89. The zero-order valence-corrected chi connectivity index (χ0v) is 6.96. The van der Waals surface area contributed by atoms with E-state index in [1.54, 1.807) is 12.1 Å². The molecule has 0 heterocycles. The number of rotatable bonds is 4. The Kier molecular flexibility index (Phi) is 3.56. The molecule has 68 valence electrons. The van der Waals surface area contributed by atoms with Crippen molar-refractivity contribution < 1.29 is 4.92 Å². The van der Waals surface area contributed by atoms with E-state index in [1.165, 1.54) is 0 Å². The molecule has 0 aromatic heterocycles. The van der Waals surface area contributed by atoms with Gasteiger partial charge in [0.05, 0.1) is 5.69 Å². The smallest absolute Gasteiger partial charge is 0.225 e. The van der Waals surface area contributed by atoms with E-state index >= 15 is 0 Å². The minimum atomic E-state index is -0.413. The van der Waals surface area contributed by atoms with Crippen molar-refractivity contribution in [1.82, 2.24) is 0 Å². The molecule has 1 rings (SSSR count). The lowest BCUT2D eigenvalue weighted by atomic mass is 10.3. The summed E-state index contributed by atoms with van der Waals surface area (Å²) in [6, 6.07) is 9.12. The molecule has 5 nitrogen and oxygen atoms in total. The Hall–Kier alpha value is -1.78. The largest absolute Gasteiger partial charge is 0.264 e. The summed E-state index contributed by atoms with van der Waals surface area (Å²) >= 11 is 0. The van der Waals surface area contributed by atoms with Crippen LogP contribution in [0.4, 0.5) is 5.69 Å². The Labute approximate surface area is 75.3 Å². The third-order valence-electron chi connectivity index (χ3n) is 1.32. The standard InChI is InChI=1S/C8H9N3O2/c12-11(13)7-6-9-10-8-4-2-1-3-5-8/h1-5H,6-7H2. The Morgan fingerprint density at radius 2 is 2.00 bits per heavy atom. The number of nitrogens with zero attached hydrogens (tertiary/aromatic N) is 3. The van der Waals surface area contributed by atoms with Gasteiger partial charge in [0.15, 0.2) is 0 Å². The molecule has 0 amide bonds. The van der Waals surface area contributed by atoms with E-state index in [-0.39, 0.29) is 13.1 Å². The van der Waals surface area contributed by atoms with Crippen LogP contribution in [0.15, 0.2) is 40.6 Å². The molecular formula is C8H9N3O2. The molecule has 0 unspecified atom stereocenters. The van der Waals surface area contributed by atoms with Crippen molar-refractivity contribution in [2.45, 2.75) is 0 Å². The summed E-state index contributed by atoms with van der Waals surface area (Å²) in [5.41, 5.74) is 0.714. The Morgan fingerprint density at radius 3 is 2.62 bits per heavy atom. The van der Waals surface area contributed by atoms with Crippen molar-refractivity contribution in [3.05, 3.63) is 40.4 Å². The maximum atomic E-state index is 9.91. The van der Waals surface area contributed by atoms with Crippen LogP contribution in [-0.2, 0) is 0 Å². The molecule has 0 saturated carbocycles. The first-order valence-electron chi connectivity index (χ1n) is 3.83. The Balaban J connectivity index is 2.37. The summed E-state index contributed by atoms with van der Waals surface area (Å²) in [7, 11) is 0. The first kappa shape index (κ1) is 9.31. The lowest BCUT2D eigenvalue weighted by molar-refractivity contribution is -0.477. The minimum absolute atomic E-state index is 0.127. The van der Waals surface area contributed by atoms with Crippen molar-refractivity contribution in [2.24, 2.45) is 10.2 Å². The van der Waals surface area contributed by atoms with Gasteiger partial charge in [0.25, 0.3) is 0 Å². The van der Waals surface area contributed by atoms with Crippen molar-refractivity contribution in [1.29, 1.82) is 0 Å². The zero-order valence-electron chi connectivity index (χ0n) is 6.96. The first-order chi connectivity index (χ1) is 6.29. The highest BCUT2D eigenvalue weighted by Crippen LogP contribution is 2.09. The first-order valence-corrected chi connectivity index (χ1v) is 3.83. The molecule has 0 N–H and O–H groups in total. The second-order valence-corrected chi connectivity index (χ2v) is 2.36. The van der Waals surface area contributed by atoms with Crippen LogP contribution >= 0.6 is 0 Å². The molecule has 0 aliphatic carbocycles. The molecule has 13 heavy (non-hydrogen) atoms. The van der Waals surface area contributed by atoms with Crippen LogP contribution in [-0.4, -0.2) is 18.0 Å². The number of hydrogen-bond donors (Lipinski definition) is 0. The fraction of sp³-hybridized carbons (Fsp3) is 0.250. The molecule has 0 fully saturated rings.